The molecule has 0 radical (unpaired) electrons. The van der Waals surface area contributed by atoms with Gasteiger partial charge in [-0.3, -0.25) is 0 Å². The van der Waals surface area contributed by atoms with Crippen LogP contribution >= 0.6 is 24.0 Å². The summed E-state index contributed by atoms with van der Waals surface area (Å²) in [6.07, 6.45) is 12.5. The van der Waals surface area contributed by atoms with Gasteiger partial charge in [-0.15, -0.1) is 0 Å². The van der Waals surface area contributed by atoms with Crippen molar-refractivity contribution in [2.24, 2.45) is 5.92 Å². The lowest BCUT2D eigenvalue weighted by Gasteiger charge is -2.03. The van der Waals surface area contributed by atoms with Crippen LogP contribution in [0.25, 0.3) is 0 Å². The summed E-state index contributed by atoms with van der Waals surface area (Å²) in [4.78, 5) is 0. The summed E-state index contributed by atoms with van der Waals surface area (Å²) in [5, 5.41) is 3.38. The van der Waals surface area contributed by atoms with E-state index in [1.807, 2.05) is 0 Å². The highest BCUT2D eigenvalue weighted by Crippen LogP contribution is 2.32. The van der Waals surface area contributed by atoms with Gasteiger partial charge in [0.15, 0.2) is 0 Å². The van der Waals surface area contributed by atoms with Gasteiger partial charge in [0.2, 0.25) is 0 Å². The molecule has 0 aromatic rings. The second kappa shape index (κ2) is 7.73. The van der Waals surface area contributed by atoms with E-state index < -0.39 is 0 Å². The third-order valence-corrected chi connectivity index (χ3v) is 8.04. The molecule has 1 rings (SSSR count). The fraction of sp³-hybridized carbons (Fsp3) is 0.750. The average molecular weight is 258 g/mol. The maximum Gasteiger partial charge on any atom is 0.0132 e. The maximum atomic E-state index is 4.00. The molecule has 15 heavy (non-hydrogen) atoms. The quantitative estimate of drug-likeness (QED) is 0.464. The van der Waals surface area contributed by atoms with Crippen molar-refractivity contribution in [3.05, 3.63) is 0 Å². The third-order valence-electron chi connectivity index (χ3n) is 2.65. The summed E-state index contributed by atoms with van der Waals surface area (Å²) in [6, 6.07) is 0. The van der Waals surface area contributed by atoms with Crippen molar-refractivity contribution in [1.29, 1.82) is 0 Å². The molecule has 84 valence electrons. The summed E-state index contributed by atoms with van der Waals surface area (Å²) in [7, 11) is 4.33. The van der Waals surface area contributed by atoms with Crippen LogP contribution in [0.2, 0.25) is 0 Å². The fourth-order valence-electron chi connectivity index (χ4n) is 1.69. The Bertz CT molecular complexity index is 254. The first-order valence-corrected chi connectivity index (χ1v) is 9.41. The van der Waals surface area contributed by atoms with E-state index in [0.717, 1.165) is 0 Å². The van der Waals surface area contributed by atoms with Gasteiger partial charge in [-0.25, -0.2) is 0 Å². The first-order chi connectivity index (χ1) is 7.24. The lowest BCUT2D eigenvalue weighted by molar-refractivity contribution is 0.702. The van der Waals surface area contributed by atoms with Gasteiger partial charge in [-0.05, 0) is 52.7 Å². The van der Waals surface area contributed by atoms with Crippen LogP contribution in [0, 0.1) is 5.92 Å². The van der Waals surface area contributed by atoms with Gasteiger partial charge in [0.25, 0.3) is 0 Å². The molecule has 0 N–H and O–H groups in total. The average Bonchev–Trinajstić information content (AvgIpc) is 2.46. The van der Waals surface area contributed by atoms with Crippen LogP contribution in [0.4, 0.5) is 0 Å². The van der Waals surface area contributed by atoms with E-state index >= 15 is 0 Å². The third kappa shape index (κ3) is 5.40. The van der Waals surface area contributed by atoms with E-state index in [0.29, 0.717) is 5.92 Å². The standard InChI is InChI=1S/C12H21P3/c1-10(2)12(13-3)15-14-11-8-6-4-5-7-9-11/h10H,3-9H2,1-2H3. The van der Waals surface area contributed by atoms with Crippen LogP contribution in [0.1, 0.15) is 52.4 Å². The molecule has 0 spiro atoms. The fourth-order valence-corrected chi connectivity index (χ4v) is 6.29. The molecule has 0 aliphatic heterocycles. The largest absolute Gasteiger partial charge is 0.0752 e. The second-order valence-corrected chi connectivity index (χ2v) is 8.22. The Labute approximate surface area is 99.2 Å². The Morgan fingerprint density at radius 1 is 1.13 bits per heavy atom. The second-order valence-electron chi connectivity index (χ2n) is 4.35. The zero-order valence-electron chi connectivity index (χ0n) is 9.87. The predicted molar refractivity (Wildman–Crippen MR) is 80.4 cm³/mol. The van der Waals surface area contributed by atoms with Crippen molar-refractivity contribution in [3.63, 3.8) is 0 Å². The highest BCUT2D eigenvalue weighted by molar-refractivity contribution is 8.14. The highest BCUT2D eigenvalue weighted by atomic mass is 32.0. The Kier molecular flexibility index (Phi) is 7.00. The van der Waals surface area contributed by atoms with Gasteiger partial charge in [-0.1, -0.05) is 41.2 Å². The van der Waals surface area contributed by atoms with Crippen LogP contribution in [0.3, 0.4) is 0 Å². The SMILES string of the molecule is C=P/C(=P\P=C1CCCCCC1)C(C)C. The summed E-state index contributed by atoms with van der Waals surface area (Å²) >= 11 is 0. The normalized spacial score (nSPS) is 19.9. The lowest BCUT2D eigenvalue weighted by Crippen LogP contribution is -1.94. The predicted octanol–water partition coefficient (Wildman–Crippen LogP) is 5.48. The van der Waals surface area contributed by atoms with Crippen molar-refractivity contribution in [1.82, 2.24) is 0 Å². The van der Waals surface area contributed by atoms with Crippen LogP contribution in [-0.2, 0) is 0 Å². The van der Waals surface area contributed by atoms with E-state index in [2.05, 4.69) is 20.1 Å². The van der Waals surface area contributed by atoms with Crippen LogP contribution in [-0.4, -0.2) is 16.6 Å². The monoisotopic (exact) mass is 258 g/mol. The van der Waals surface area contributed by atoms with E-state index in [9.17, 15) is 0 Å². The molecule has 0 bridgehead atoms. The van der Waals surface area contributed by atoms with E-state index in [1.165, 1.54) is 54.6 Å². The van der Waals surface area contributed by atoms with Gasteiger partial charge >= 0.3 is 0 Å². The van der Waals surface area contributed by atoms with Crippen molar-refractivity contribution < 1.29 is 0 Å². The molecular formula is C12H21P3. The van der Waals surface area contributed by atoms with E-state index in [1.54, 1.807) is 18.2 Å². The Morgan fingerprint density at radius 2 is 1.73 bits per heavy atom. The first kappa shape index (κ1) is 13.6. The lowest BCUT2D eigenvalue weighted by atomic mass is 10.2. The molecule has 0 aromatic carbocycles. The molecule has 1 aliphatic carbocycles. The molecule has 0 aromatic heterocycles. The molecule has 0 heterocycles. The van der Waals surface area contributed by atoms with Crippen molar-refractivity contribution in [3.8, 4) is 0 Å². The smallest absolute Gasteiger partial charge is 0.0132 e. The van der Waals surface area contributed by atoms with Crippen molar-refractivity contribution >= 4 is 40.6 Å². The summed E-state index contributed by atoms with van der Waals surface area (Å²) < 4.78 is 0. The van der Waals surface area contributed by atoms with Crippen molar-refractivity contribution in [2.45, 2.75) is 52.4 Å². The molecule has 1 aliphatic rings. The molecular weight excluding hydrogens is 237 g/mol. The summed E-state index contributed by atoms with van der Waals surface area (Å²) in [5.74, 6) is 0.699. The van der Waals surface area contributed by atoms with Crippen LogP contribution in [0.15, 0.2) is 0 Å². The molecule has 0 saturated heterocycles. The van der Waals surface area contributed by atoms with Gasteiger partial charge in [0.1, 0.15) is 0 Å². The Balaban J connectivity index is 2.63. The summed E-state index contributed by atoms with van der Waals surface area (Å²) in [6.45, 7) is 4.57. The number of rotatable bonds is 3. The number of hydrogen-bond donors (Lipinski definition) is 0. The topological polar surface area (TPSA) is 0 Å². The first-order valence-electron chi connectivity index (χ1n) is 5.84. The zero-order valence-corrected chi connectivity index (χ0v) is 12.6. The number of hydrogen-bond acceptors (Lipinski definition) is 0. The molecule has 1 saturated carbocycles. The van der Waals surface area contributed by atoms with Gasteiger partial charge in [-0.2, -0.15) is 0 Å². The van der Waals surface area contributed by atoms with E-state index in [4.69, 9.17) is 0 Å². The van der Waals surface area contributed by atoms with Crippen LogP contribution in [0.5, 0.6) is 0 Å². The molecule has 1 fully saturated rings. The zero-order chi connectivity index (χ0) is 11.1. The Morgan fingerprint density at radius 3 is 2.20 bits per heavy atom. The van der Waals surface area contributed by atoms with Gasteiger partial charge < -0.3 is 0 Å². The molecule has 0 atom stereocenters. The van der Waals surface area contributed by atoms with Gasteiger partial charge in [0, 0.05) is 5.03 Å². The molecule has 3 heteroatoms. The molecule has 0 unspecified atom stereocenters. The Hall–Kier alpha value is 0.510. The minimum atomic E-state index is 0.699. The minimum absolute atomic E-state index is 0.699. The highest BCUT2D eigenvalue weighted by Gasteiger charge is 2.04. The van der Waals surface area contributed by atoms with Crippen molar-refractivity contribution in [2.75, 3.05) is 0 Å². The molecule has 0 amide bonds. The minimum Gasteiger partial charge on any atom is -0.0752 e. The molecule has 0 nitrogen and oxygen atoms in total. The maximum absolute atomic E-state index is 4.00. The van der Waals surface area contributed by atoms with E-state index in [-0.39, 0.29) is 0 Å². The summed E-state index contributed by atoms with van der Waals surface area (Å²) in [5.41, 5.74) is 0. The van der Waals surface area contributed by atoms with Crippen LogP contribution < -0.4 is 0 Å². The van der Waals surface area contributed by atoms with Gasteiger partial charge in [0.05, 0.1) is 0 Å².